The van der Waals surface area contributed by atoms with E-state index in [1.165, 1.54) is 6.92 Å². The monoisotopic (exact) mass is 256 g/mol. The van der Waals surface area contributed by atoms with E-state index in [1.807, 2.05) is 0 Å². The van der Waals surface area contributed by atoms with Gasteiger partial charge >= 0.3 is 5.97 Å². The normalized spacial score (nSPS) is 18.2. The minimum atomic E-state index is -0.889. The number of ketones is 1. The lowest BCUT2D eigenvalue weighted by Crippen LogP contribution is -2.23. The van der Waals surface area contributed by atoms with Crippen molar-refractivity contribution in [3.05, 3.63) is 11.1 Å². The smallest absolute Gasteiger partial charge is 0.334 e. The van der Waals surface area contributed by atoms with Gasteiger partial charge in [-0.05, 0) is 32.6 Å². The molecule has 0 bridgehead atoms. The number of esters is 1. The first-order valence-electron chi connectivity index (χ1n) is 6.58. The van der Waals surface area contributed by atoms with Crippen LogP contribution in [0.1, 0.15) is 46.0 Å². The Morgan fingerprint density at radius 1 is 1.22 bits per heavy atom. The van der Waals surface area contributed by atoms with Gasteiger partial charge in [0.05, 0.1) is 6.61 Å². The quantitative estimate of drug-likeness (QED) is 0.561. The van der Waals surface area contributed by atoms with Gasteiger partial charge < -0.3 is 4.74 Å². The number of carbonyl (C=O) groups excluding carboxylic acids is 2. The van der Waals surface area contributed by atoms with E-state index < -0.39 is 12.6 Å². The first kappa shape index (κ1) is 14.9. The Morgan fingerprint density at radius 3 is 2.28 bits per heavy atom. The molecule has 1 fully saturated rings. The summed E-state index contributed by atoms with van der Waals surface area (Å²) in [7, 11) is 0. The van der Waals surface area contributed by atoms with Crippen LogP contribution in [0.4, 0.5) is 4.39 Å². The van der Waals surface area contributed by atoms with E-state index >= 15 is 0 Å². The van der Waals surface area contributed by atoms with E-state index in [1.54, 1.807) is 6.92 Å². The highest BCUT2D eigenvalue weighted by Gasteiger charge is 2.28. The molecule has 0 saturated heterocycles. The van der Waals surface area contributed by atoms with Gasteiger partial charge in [0.1, 0.15) is 6.67 Å². The number of Topliss-reactive ketones (excluding diaryl/α,β-unsaturated/α-hetero) is 1. The fourth-order valence-electron chi connectivity index (χ4n) is 2.49. The molecule has 0 aromatic rings. The van der Waals surface area contributed by atoms with Crippen molar-refractivity contribution < 1.29 is 18.7 Å². The summed E-state index contributed by atoms with van der Waals surface area (Å²) >= 11 is 0. The fraction of sp³-hybridized carbons (Fsp3) is 0.714. The molecule has 0 heterocycles. The van der Waals surface area contributed by atoms with Crippen molar-refractivity contribution >= 4 is 11.8 Å². The van der Waals surface area contributed by atoms with Gasteiger partial charge in [0.15, 0.2) is 5.78 Å². The van der Waals surface area contributed by atoms with E-state index in [4.69, 9.17) is 4.74 Å². The third-order valence-electron chi connectivity index (χ3n) is 3.39. The van der Waals surface area contributed by atoms with Crippen LogP contribution in [0.3, 0.4) is 0 Å². The number of ether oxygens (including phenoxy) is 1. The second-order valence-electron chi connectivity index (χ2n) is 4.64. The Hall–Kier alpha value is -1.19. The van der Waals surface area contributed by atoms with Gasteiger partial charge in [-0.15, -0.1) is 0 Å². The highest BCUT2D eigenvalue weighted by atomic mass is 19.1. The maximum Gasteiger partial charge on any atom is 0.334 e. The first-order valence-corrected chi connectivity index (χ1v) is 6.58. The molecule has 1 rings (SSSR count). The van der Waals surface area contributed by atoms with Crippen LogP contribution in [-0.4, -0.2) is 25.0 Å². The maximum atomic E-state index is 13.0. The molecule has 102 valence electrons. The number of hydrogen-bond donors (Lipinski definition) is 0. The molecule has 0 aromatic heterocycles. The number of carbonyl (C=O) groups is 2. The SMILES string of the molecule is CCOC(=O)/C(=C(/CF)C(C)=O)C1CCCCC1. The van der Waals surface area contributed by atoms with Crippen molar-refractivity contribution in [1.82, 2.24) is 0 Å². The number of alkyl halides is 1. The fourth-order valence-corrected chi connectivity index (χ4v) is 2.49. The van der Waals surface area contributed by atoms with Gasteiger partial charge in [0.25, 0.3) is 0 Å². The zero-order chi connectivity index (χ0) is 13.5. The highest BCUT2D eigenvalue weighted by Crippen LogP contribution is 2.32. The number of hydrogen-bond acceptors (Lipinski definition) is 3. The van der Waals surface area contributed by atoms with Gasteiger partial charge in [-0.3, -0.25) is 4.79 Å². The summed E-state index contributed by atoms with van der Waals surface area (Å²) in [5, 5.41) is 0. The number of allylic oxidation sites excluding steroid dienone is 1. The molecule has 0 spiro atoms. The molecule has 0 atom stereocenters. The molecular formula is C14H21FO3. The molecule has 1 saturated carbocycles. The van der Waals surface area contributed by atoms with Gasteiger partial charge in [-0.1, -0.05) is 19.3 Å². The number of halogens is 1. The summed E-state index contributed by atoms with van der Waals surface area (Å²) in [5.74, 6) is -0.911. The van der Waals surface area contributed by atoms with Crippen molar-refractivity contribution in [3.8, 4) is 0 Å². The second kappa shape index (κ2) is 7.29. The van der Waals surface area contributed by atoms with Crippen molar-refractivity contribution in [2.45, 2.75) is 46.0 Å². The van der Waals surface area contributed by atoms with Crippen LogP contribution in [0, 0.1) is 5.92 Å². The van der Waals surface area contributed by atoms with E-state index in [9.17, 15) is 14.0 Å². The third-order valence-corrected chi connectivity index (χ3v) is 3.39. The number of rotatable bonds is 5. The lowest BCUT2D eigenvalue weighted by molar-refractivity contribution is -0.139. The minimum absolute atomic E-state index is 0.000324. The van der Waals surface area contributed by atoms with E-state index in [-0.39, 0.29) is 29.5 Å². The molecule has 1 aliphatic carbocycles. The standard InChI is InChI=1S/C14H21FO3/c1-3-18-14(17)13(12(9-15)10(2)16)11-7-5-4-6-8-11/h11H,3-9H2,1-2H3/b13-12-. The molecular weight excluding hydrogens is 235 g/mol. The zero-order valence-electron chi connectivity index (χ0n) is 11.1. The maximum absolute atomic E-state index is 13.0. The molecule has 0 amide bonds. The molecule has 18 heavy (non-hydrogen) atoms. The Morgan fingerprint density at radius 2 is 1.83 bits per heavy atom. The molecule has 4 heteroatoms. The molecule has 0 aromatic carbocycles. The third kappa shape index (κ3) is 3.65. The Bertz CT molecular complexity index is 341. The predicted molar refractivity (Wildman–Crippen MR) is 66.9 cm³/mol. The van der Waals surface area contributed by atoms with Crippen molar-refractivity contribution in [2.24, 2.45) is 5.92 Å². The topological polar surface area (TPSA) is 43.4 Å². The van der Waals surface area contributed by atoms with E-state index in [0.717, 1.165) is 32.1 Å². The van der Waals surface area contributed by atoms with Crippen molar-refractivity contribution in [3.63, 3.8) is 0 Å². The van der Waals surface area contributed by atoms with Crippen LogP contribution in [-0.2, 0) is 14.3 Å². The summed E-state index contributed by atoms with van der Waals surface area (Å²) in [6.45, 7) is 2.36. The molecule has 1 aliphatic rings. The van der Waals surface area contributed by atoms with Gasteiger partial charge in [0.2, 0.25) is 0 Å². The van der Waals surface area contributed by atoms with Gasteiger partial charge in [-0.2, -0.15) is 0 Å². The second-order valence-corrected chi connectivity index (χ2v) is 4.64. The lowest BCUT2D eigenvalue weighted by Gasteiger charge is -2.24. The molecule has 0 N–H and O–H groups in total. The van der Waals surface area contributed by atoms with Gasteiger partial charge in [0, 0.05) is 11.1 Å². The van der Waals surface area contributed by atoms with Crippen molar-refractivity contribution in [1.29, 1.82) is 0 Å². The average molecular weight is 256 g/mol. The summed E-state index contributed by atoms with van der Waals surface area (Å²) in [6, 6.07) is 0. The Kier molecular flexibility index (Phi) is 6.02. The molecule has 0 aliphatic heterocycles. The highest BCUT2D eigenvalue weighted by molar-refractivity contribution is 6.03. The van der Waals surface area contributed by atoms with E-state index in [0.29, 0.717) is 0 Å². The first-order chi connectivity index (χ1) is 8.61. The Balaban J connectivity index is 3.06. The summed E-state index contributed by atoms with van der Waals surface area (Å²) in [4.78, 5) is 23.4. The largest absolute Gasteiger partial charge is 0.463 e. The van der Waals surface area contributed by atoms with Crippen LogP contribution >= 0.6 is 0 Å². The van der Waals surface area contributed by atoms with Gasteiger partial charge in [-0.25, -0.2) is 9.18 Å². The molecule has 0 unspecified atom stereocenters. The minimum Gasteiger partial charge on any atom is -0.463 e. The summed E-state index contributed by atoms with van der Waals surface area (Å²) < 4.78 is 18.0. The van der Waals surface area contributed by atoms with Crippen LogP contribution in [0.5, 0.6) is 0 Å². The summed E-state index contributed by atoms with van der Waals surface area (Å²) in [5.41, 5.74) is 0.284. The Labute approximate surface area is 107 Å². The predicted octanol–water partition coefficient (Wildman–Crippen LogP) is 2.98. The zero-order valence-corrected chi connectivity index (χ0v) is 11.1. The van der Waals surface area contributed by atoms with Crippen LogP contribution in [0.2, 0.25) is 0 Å². The van der Waals surface area contributed by atoms with E-state index in [2.05, 4.69) is 0 Å². The molecule has 3 nitrogen and oxygen atoms in total. The van der Waals surface area contributed by atoms with Crippen LogP contribution in [0.25, 0.3) is 0 Å². The summed E-state index contributed by atoms with van der Waals surface area (Å²) in [6.07, 6.45) is 4.85. The van der Waals surface area contributed by atoms with Crippen LogP contribution in [0.15, 0.2) is 11.1 Å². The van der Waals surface area contributed by atoms with Crippen molar-refractivity contribution in [2.75, 3.05) is 13.3 Å². The average Bonchev–Trinajstić information content (AvgIpc) is 2.36. The van der Waals surface area contributed by atoms with Crippen LogP contribution < -0.4 is 0 Å². The lowest BCUT2D eigenvalue weighted by atomic mass is 9.81. The molecule has 0 radical (unpaired) electrons.